The van der Waals surface area contributed by atoms with Crippen LogP contribution >= 0.6 is 0 Å². The first-order chi connectivity index (χ1) is 9.74. The summed E-state index contributed by atoms with van der Waals surface area (Å²) in [6, 6.07) is 10.1. The summed E-state index contributed by atoms with van der Waals surface area (Å²) in [5, 5.41) is 0. The highest BCUT2D eigenvalue weighted by Crippen LogP contribution is 2.36. The summed E-state index contributed by atoms with van der Waals surface area (Å²) in [6.07, 6.45) is 5.18. The van der Waals surface area contributed by atoms with E-state index in [0.29, 0.717) is 19.1 Å². The van der Waals surface area contributed by atoms with Crippen molar-refractivity contribution in [2.75, 3.05) is 6.61 Å². The van der Waals surface area contributed by atoms with Gasteiger partial charge in [0.05, 0.1) is 18.6 Å². The zero-order chi connectivity index (χ0) is 13.9. The van der Waals surface area contributed by atoms with E-state index in [0.717, 1.165) is 12.0 Å². The van der Waals surface area contributed by atoms with Gasteiger partial charge in [0.1, 0.15) is 6.61 Å². The fourth-order valence-electron chi connectivity index (χ4n) is 3.04. The van der Waals surface area contributed by atoms with E-state index in [9.17, 15) is 4.79 Å². The average molecular weight is 272 g/mol. The summed E-state index contributed by atoms with van der Waals surface area (Å²) >= 11 is 0. The van der Waals surface area contributed by atoms with E-state index in [1.165, 1.54) is 0 Å². The van der Waals surface area contributed by atoms with Crippen LogP contribution < -0.4 is 0 Å². The number of carbonyl (C=O) groups is 1. The lowest BCUT2D eigenvalue weighted by atomic mass is 9.76. The van der Waals surface area contributed by atoms with Gasteiger partial charge in [0.25, 0.3) is 0 Å². The first-order valence-electron chi connectivity index (χ1n) is 7.24. The number of rotatable bonds is 3. The molecule has 1 unspecified atom stereocenters. The summed E-state index contributed by atoms with van der Waals surface area (Å²) in [7, 11) is 0. The molecule has 0 amide bonds. The molecule has 0 saturated carbocycles. The van der Waals surface area contributed by atoms with Crippen LogP contribution in [0.5, 0.6) is 0 Å². The molecule has 0 N–H and O–H groups in total. The summed E-state index contributed by atoms with van der Waals surface area (Å²) in [4.78, 5) is 11.9. The molecule has 1 aromatic rings. The van der Waals surface area contributed by atoms with Crippen LogP contribution in [-0.2, 0) is 20.9 Å². The van der Waals surface area contributed by atoms with Crippen LogP contribution in [0.3, 0.4) is 0 Å². The van der Waals surface area contributed by atoms with Crippen molar-refractivity contribution < 1.29 is 14.3 Å². The number of hydrogen-bond acceptors (Lipinski definition) is 3. The highest BCUT2D eigenvalue weighted by Gasteiger charge is 2.41. The van der Waals surface area contributed by atoms with Gasteiger partial charge in [0.15, 0.2) is 0 Å². The zero-order valence-corrected chi connectivity index (χ0v) is 11.7. The fraction of sp³-hybridized carbons (Fsp3) is 0.471. The van der Waals surface area contributed by atoms with Gasteiger partial charge < -0.3 is 9.47 Å². The molecule has 0 spiro atoms. The molecule has 106 valence electrons. The van der Waals surface area contributed by atoms with E-state index in [1.807, 2.05) is 30.3 Å². The van der Waals surface area contributed by atoms with E-state index < -0.39 is 0 Å². The molecule has 4 atom stereocenters. The molecule has 0 aromatic heterocycles. The van der Waals surface area contributed by atoms with E-state index in [2.05, 4.69) is 19.1 Å². The maximum Gasteiger partial charge on any atom is 0.309 e. The second kappa shape index (κ2) is 5.80. The van der Waals surface area contributed by atoms with Crippen molar-refractivity contribution in [3.63, 3.8) is 0 Å². The van der Waals surface area contributed by atoms with Crippen molar-refractivity contribution >= 4 is 5.97 Å². The zero-order valence-electron chi connectivity index (χ0n) is 11.7. The minimum Gasteiger partial charge on any atom is -0.463 e. The predicted molar refractivity (Wildman–Crippen MR) is 75.9 cm³/mol. The lowest BCUT2D eigenvalue weighted by Gasteiger charge is -2.38. The Morgan fingerprint density at radius 3 is 2.85 bits per heavy atom. The quantitative estimate of drug-likeness (QED) is 0.627. The molecule has 3 rings (SSSR count). The first-order valence-corrected chi connectivity index (χ1v) is 7.24. The third kappa shape index (κ3) is 2.78. The number of fused-ring (bicyclic) bond motifs is 1. The molecular weight excluding hydrogens is 252 g/mol. The molecule has 1 aromatic carbocycles. The summed E-state index contributed by atoms with van der Waals surface area (Å²) in [6.45, 7) is 3.07. The molecule has 0 radical (unpaired) electrons. The third-order valence-electron chi connectivity index (χ3n) is 4.18. The standard InChI is InChI=1S/C17H20O3/c1-12-7-8-14-15(9-12)17(18)20-11-16(14)19-10-13-5-3-2-4-6-13/h2-8,12,14-16H,9-11H2,1H3/t12-,14+,15-,16?/m1/s1. The number of benzene rings is 1. The second-order valence-electron chi connectivity index (χ2n) is 5.75. The SMILES string of the molecule is C[C@@H]1C=C[C@@H]2C(OCc3ccccc3)COC(=O)[C@@H]2C1. The second-order valence-corrected chi connectivity index (χ2v) is 5.75. The summed E-state index contributed by atoms with van der Waals surface area (Å²) in [5.74, 6) is 0.503. The molecule has 20 heavy (non-hydrogen) atoms. The molecule has 1 heterocycles. The normalized spacial score (nSPS) is 32.5. The van der Waals surface area contributed by atoms with Crippen molar-refractivity contribution in [2.45, 2.75) is 26.1 Å². The van der Waals surface area contributed by atoms with Crippen LogP contribution in [-0.4, -0.2) is 18.7 Å². The predicted octanol–water partition coefficient (Wildman–Crippen LogP) is 2.96. The molecule has 2 aliphatic rings. The highest BCUT2D eigenvalue weighted by atomic mass is 16.6. The van der Waals surface area contributed by atoms with E-state index >= 15 is 0 Å². The number of ether oxygens (including phenoxy) is 2. The maximum absolute atomic E-state index is 11.9. The molecule has 3 heteroatoms. The van der Waals surface area contributed by atoms with Gasteiger partial charge in [-0.2, -0.15) is 0 Å². The van der Waals surface area contributed by atoms with Crippen LogP contribution in [0, 0.1) is 17.8 Å². The Bertz CT molecular complexity index is 494. The summed E-state index contributed by atoms with van der Waals surface area (Å²) in [5.41, 5.74) is 1.15. The number of esters is 1. The van der Waals surface area contributed by atoms with Crippen LogP contribution in [0.15, 0.2) is 42.5 Å². The van der Waals surface area contributed by atoms with E-state index in [-0.39, 0.29) is 23.9 Å². The van der Waals surface area contributed by atoms with Gasteiger partial charge in [-0.15, -0.1) is 0 Å². The van der Waals surface area contributed by atoms with E-state index in [1.54, 1.807) is 0 Å². The van der Waals surface area contributed by atoms with Gasteiger partial charge in [-0.1, -0.05) is 49.4 Å². The minimum atomic E-state index is -0.0641. The Labute approximate surface area is 119 Å². The Hall–Kier alpha value is -1.61. The van der Waals surface area contributed by atoms with Gasteiger partial charge in [0, 0.05) is 5.92 Å². The number of cyclic esters (lactones) is 1. The van der Waals surface area contributed by atoms with E-state index in [4.69, 9.17) is 9.47 Å². The van der Waals surface area contributed by atoms with Crippen molar-refractivity contribution in [3.8, 4) is 0 Å². The Morgan fingerprint density at radius 1 is 1.25 bits per heavy atom. The van der Waals surface area contributed by atoms with Crippen LogP contribution in [0.1, 0.15) is 18.9 Å². The molecule has 0 bridgehead atoms. The third-order valence-corrected chi connectivity index (χ3v) is 4.18. The first kappa shape index (κ1) is 13.4. The molecule has 3 nitrogen and oxygen atoms in total. The largest absolute Gasteiger partial charge is 0.463 e. The molecule has 1 aliphatic carbocycles. The van der Waals surface area contributed by atoms with Gasteiger partial charge in [0.2, 0.25) is 0 Å². The summed E-state index contributed by atoms with van der Waals surface area (Å²) < 4.78 is 11.3. The fourth-order valence-corrected chi connectivity index (χ4v) is 3.04. The van der Waals surface area contributed by atoms with Gasteiger partial charge in [-0.05, 0) is 17.9 Å². The van der Waals surface area contributed by atoms with Crippen molar-refractivity contribution in [1.82, 2.24) is 0 Å². The number of hydrogen-bond donors (Lipinski definition) is 0. The number of allylic oxidation sites excluding steroid dienone is 1. The van der Waals surface area contributed by atoms with Gasteiger partial charge >= 0.3 is 5.97 Å². The van der Waals surface area contributed by atoms with Crippen molar-refractivity contribution in [2.24, 2.45) is 17.8 Å². The molecule has 1 aliphatic heterocycles. The lowest BCUT2D eigenvalue weighted by Crippen LogP contribution is -2.45. The Morgan fingerprint density at radius 2 is 2.05 bits per heavy atom. The Balaban J connectivity index is 1.67. The van der Waals surface area contributed by atoms with Crippen molar-refractivity contribution in [3.05, 3.63) is 48.0 Å². The Kier molecular flexibility index (Phi) is 3.88. The molecule has 1 saturated heterocycles. The smallest absolute Gasteiger partial charge is 0.309 e. The monoisotopic (exact) mass is 272 g/mol. The topological polar surface area (TPSA) is 35.5 Å². The lowest BCUT2D eigenvalue weighted by molar-refractivity contribution is -0.171. The van der Waals surface area contributed by atoms with Gasteiger partial charge in [-0.25, -0.2) is 0 Å². The van der Waals surface area contributed by atoms with Gasteiger partial charge in [-0.3, -0.25) is 4.79 Å². The molecule has 1 fully saturated rings. The molecular formula is C17H20O3. The van der Waals surface area contributed by atoms with Crippen LogP contribution in [0.25, 0.3) is 0 Å². The van der Waals surface area contributed by atoms with Crippen molar-refractivity contribution in [1.29, 1.82) is 0 Å². The average Bonchev–Trinajstić information content (AvgIpc) is 2.48. The number of carbonyl (C=O) groups excluding carboxylic acids is 1. The van der Waals surface area contributed by atoms with Crippen LogP contribution in [0.4, 0.5) is 0 Å². The van der Waals surface area contributed by atoms with Crippen LogP contribution in [0.2, 0.25) is 0 Å². The maximum atomic E-state index is 11.9. The minimum absolute atomic E-state index is 0.0262. The highest BCUT2D eigenvalue weighted by molar-refractivity contribution is 5.74.